The van der Waals surface area contributed by atoms with Crippen LogP contribution in [0, 0.1) is 11.3 Å². The minimum atomic E-state index is -0.641. The van der Waals surface area contributed by atoms with Crippen molar-refractivity contribution in [3.8, 4) is 11.8 Å². The summed E-state index contributed by atoms with van der Waals surface area (Å²) >= 11 is 0. The number of anilines is 1. The predicted octanol–water partition coefficient (Wildman–Crippen LogP) is 3.70. The largest absolute Gasteiger partial charge is 0.491 e. The van der Waals surface area contributed by atoms with Gasteiger partial charge in [-0.05, 0) is 38.1 Å². The molecule has 0 bridgehead atoms. The number of carbonyl (C=O) groups excluding carboxylic acids is 1. The molecular formula is C20H16N2O4. The number of ether oxygens (including phenoxy) is 1. The molecule has 0 saturated carbocycles. The first-order chi connectivity index (χ1) is 12.5. The summed E-state index contributed by atoms with van der Waals surface area (Å²) in [5.41, 5.74) is 0.495. The van der Waals surface area contributed by atoms with E-state index in [1.807, 2.05) is 19.9 Å². The highest BCUT2D eigenvalue weighted by Gasteiger charge is 2.15. The fourth-order valence-electron chi connectivity index (χ4n) is 2.56. The molecule has 1 amide bonds. The third-order valence-corrected chi connectivity index (χ3v) is 3.63. The van der Waals surface area contributed by atoms with Crippen LogP contribution in [0.5, 0.6) is 5.75 Å². The number of fused-ring (bicyclic) bond motifs is 1. The van der Waals surface area contributed by atoms with Gasteiger partial charge in [-0.2, -0.15) is 5.26 Å². The molecule has 130 valence electrons. The van der Waals surface area contributed by atoms with Crippen LogP contribution in [0.1, 0.15) is 29.8 Å². The number of hydrogen-bond donors (Lipinski definition) is 1. The number of carbonyl (C=O) groups is 1. The van der Waals surface area contributed by atoms with Gasteiger partial charge in [0, 0.05) is 17.5 Å². The Morgan fingerprint density at radius 1 is 1.19 bits per heavy atom. The lowest BCUT2D eigenvalue weighted by atomic mass is 10.1. The van der Waals surface area contributed by atoms with Gasteiger partial charge in [0.2, 0.25) is 0 Å². The van der Waals surface area contributed by atoms with Crippen molar-refractivity contribution < 1.29 is 13.9 Å². The SMILES string of the molecule is CC(C)Oc1ccc2c(C(=O)Nc3ccccc3C#N)cc(=O)oc2c1. The monoisotopic (exact) mass is 348 g/mol. The maximum Gasteiger partial charge on any atom is 0.337 e. The number of amides is 1. The number of nitrogens with one attached hydrogen (secondary N) is 1. The van der Waals surface area contributed by atoms with E-state index in [-0.39, 0.29) is 17.3 Å². The highest BCUT2D eigenvalue weighted by molar-refractivity contribution is 6.12. The van der Waals surface area contributed by atoms with Crippen molar-refractivity contribution in [3.05, 3.63) is 70.1 Å². The Bertz CT molecular complexity index is 1080. The molecule has 1 heterocycles. The Morgan fingerprint density at radius 3 is 2.69 bits per heavy atom. The van der Waals surface area contributed by atoms with Gasteiger partial charge in [0.25, 0.3) is 5.91 Å². The van der Waals surface area contributed by atoms with Crippen molar-refractivity contribution in [2.75, 3.05) is 5.32 Å². The third-order valence-electron chi connectivity index (χ3n) is 3.63. The standard InChI is InChI=1S/C20H16N2O4/c1-12(2)25-14-7-8-15-16(10-19(23)26-18(15)9-14)20(24)22-17-6-4-3-5-13(17)11-21/h3-10,12H,1-2H3,(H,22,24). The minimum Gasteiger partial charge on any atom is -0.491 e. The molecule has 0 spiro atoms. The van der Waals surface area contributed by atoms with E-state index in [1.165, 1.54) is 0 Å². The maximum absolute atomic E-state index is 12.7. The lowest BCUT2D eigenvalue weighted by Crippen LogP contribution is -2.16. The van der Waals surface area contributed by atoms with Crippen molar-refractivity contribution in [1.29, 1.82) is 5.26 Å². The van der Waals surface area contributed by atoms with Crippen LogP contribution >= 0.6 is 0 Å². The molecule has 6 heteroatoms. The molecule has 3 rings (SSSR count). The van der Waals surface area contributed by atoms with Crippen LogP contribution in [0.3, 0.4) is 0 Å². The summed E-state index contributed by atoms with van der Waals surface area (Å²) in [7, 11) is 0. The van der Waals surface area contributed by atoms with Crippen LogP contribution in [0.25, 0.3) is 11.0 Å². The average Bonchev–Trinajstić information content (AvgIpc) is 2.60. The molecular weight excluding hydrogens is 332 g/mol. The van der Waals surface area contributed by atoms with Gasteiger partial charge in [-0.15, -0.1) is 0 Å². The van der Waals surface area contributed by atoms with E-state index >= 15 is 0 Å². The van der Waals surface area contributed by atoms with E-state index in [9.17, 15) is 9.59 Å². The van der Waals surface area contributed by atoms with Gasteiger partial charge < -0.3 is 14.5 Å². The second kappa shape index (κ2) is 7.11. The highest BCUT2D eigenvalue weighted by atomic mass is 16.5. The second-order valence-corrected chi connectivity index (χ2v) is 5.92. The molecule has 1 N–H and O–H groups in total. The quantitative estimate of drug-likeness (QED) is 0.726. The minimum absolute atomic E-state index is 0.0341. The van der Waals surface area contributed by atoms with E-state index in [0.29, 0.717) is 22.4 Å². The highest BCUT2D eigenvalue weighted by Crippen LogP contribution is 2.24. The summed E-state index contributed by atoms with van der Waals surface area (Å²) in [6, 6.07) is 14.7. The average molecular weight is 348 g/mol. The third kappa shape index (κ3) is 3.57. The summed E-state index contributed by atoms with van der Waals surface area (Å²) < 4.78 is 10.8. The number of rotatable bonds is 4. The lowest BCUT2D eigenvalue weighted by Gasteiger charge is -2.11. The smallest absolute Gasteiger partial charge is 0.337 e. The topological polar surface area (TPSA) is 92.3 Å². The van der Waals surface area contributed by atoms with Gasteiger partial charge in [-0.25, -0.2) is 4.79 Å². The van der Waals surface area contributed by atoms with Crippen molar-refractivity contribution in [1.82, 2.24) is 0 Å². The Hall–Kier alpha value is -3.59. The van der Waals surface area contributed by atoms with Crippen LogP contribution in [-0.2, 0) is 0 Å². The summed E-state index contributed by atoms with van der Waals surface area (Å²) in [4.78, 5) is 24.6. The lowest BCUT2D eigenvalue weighted by molar-refractivity contribution is 0.102. The first kappa shape index (κ1) is 17.2. The zero-order chi connectivity index (χ0) is 18.7. The summed E-state index contributed by atoms with van der Waals surface area (Å²) in [6.45, 7) is 3.77. The molecule has 2 aromatic carbocycles. The molecule has 1 aromatic heterocycles. The number of para-hydroxylation sites is 1. The first-order valence-corrected chi connectivity index (χ1v) is 8.03. The van der Waals surface area contributed by atoms with Crippen molar-refractivity contribution in [2.24, 2.45) is 0 Å². The Kier molecular flexibility index (Phi) is 4.72. The molecule has 0 fully saturated rings. The molecule has 6 nitrogen and oxygen atoms in total. The summed E-state index contributed by atoms with van der Waals surface area (Å²) in [6.07, 6.45) is -0.0341. The van der Waals surface area contributed by atoms with Crippen LogP contribution in [0.2, 0.25) is 0 Å². The number of nitrogens with zero attached hydrogens (tertiary/aromatic N) is 1. The van der Waals surface area contributed by atoms with E-state index in [4.69, 9.17) is 14.4 Å². The van der Waals surface area contributed by atoms with E-state index in [2.05, 4.69) is 5.32 Å². The van der Waals surface area contributed by atoms with Crippen molar-refractivity contribution in [2.45, 2.75) is 20.0 Å². The molecule has 0 aliphatic rings. The molecule has 0 radical (unpaired) electrons. The van der Waals surface area contributed by atoms with Gasteiger partial charge in [-0.1, -0.05) is 12.1 Å². The normalized spacial score (nSPS) is 10.5. The number of hydrogen-bond acceptors (Lipinski definition) is 5. The van der Waals surface area contributed by atoms with Crippen LogP contribution < -0.4 is 15.7 Å². The van der Waals surface area contributed by atoms with E-state index in [0.717, 1.165) is 6.07 Å². The zero-order valence-electron chi connectivity index (χ0n) is 14.3. The molecule has 0 saturated heterocycles. The summed E-state index contributed by atoms with van der Waals surface area (Å²) in [5, 5.41) is 12.3. The Balaban J connectivity index is 2.02. The number of nitriles is 1. The fourth-order valence-corrected chi connectivity index (χ4v) is 2.56. The van der Waals surface area contributed by atoms with Crippen LogP contribution in [0.4, 0.5) is 5.69 Å². The van der Waals surface area contributed by atoms with Crippen molar-refractivity contribution in [3.63, 3.8) is 0 Å². The molecule has 0 aliphatic carbocycles. The first-order valence-electron chi connectivity index (χ1n) is 8.03. The van der Waals surface area contributed by atoms with Gasteiger partial charge >= 0.3 is 5.63 Å². The number of benzene rings is 2. The van der Waals surface area contributed by atoms with Crippen LogP contribution in [0.15, 0.2) is 57.7 Å². The van der Waals surface area contributed by atoms with Gasteiger partial charge in [0.05, 0.1) is 22.9 Å². The predicted molar refractivity (Wildman–Crippen MR) is 97.4 cm³/mol. The van der Waals surface area contributed by atoms with Gasteiger partial charge in [0.1, 0.15) is 17.4 Å². The Labute approximate surface area is 149 Å². The molecule has 0 aliphatic heterocycles. The van der Waals surface area contributed by atoms with E-state index < -0.39 is 11.5 Å². The second-order valence-electron chi connectivity index (χ2n) is 5.92. The van der Waals surface area contributed by atoms with Gasteiger partial charge in [0.15, 0.2) is 0 Å². The molecule has 0 atom stereocenters. The zero-order valence-corrected chi connectivity index (χ0v) is 14.3. The van der Waals surface area contributed by atoms with E-state index in [1.54, 1.807) is 42.5 Å². The van der Waals surface area contributed by atoms with Crippen molar-refractivity contribution >= 4 is 22.6 Å². The molecule has 0 unspecified atom stereocenters. The van der Waals surface area contributed by atoms with Crippen LogP contribution in [-0.4, -0.2) is 12.0 Å². The molecule has 3 aromatic rings. The van der Waals surface area contributed by atoms with Gasteiger partial charge in [-0.3, -0.25) is 4.79 Å². The molecule has 26 heavy (non-hydrogen) atoms. The fraction of sp³-hybridized carbons (Fsp3) is 0.150. The summed E-state index contributed by atoms with van der Waals surface area (Å²) in [5.74, 6) is 0.0474. The Morgan fingerprint density at radius 2 is 1.96 bits per heavy atom. The maximum atomic E-state index is 12.7.